The highest BCUT2D eigenvalue weighted by Gasteiger charge is 2.29. The zero-order chi connectivity index (χ0) is 31.2. The molecule has 12 heteroatoms. The maximum Gasteiger partial charge on any atom is 0.247 e. The molecule has 0 saturated carbocycles. The normalized spacial score (nSPS) is 19.4. The van der Waals surface area contributed by atoms with Gasteiger partial charge in [0.15, 0.2) is 5.82 Å². The molecule has 1 atom stereocenters. The molecular weight excluding hydrogens is 577 g/mol. The van der Waals surface area contributed by atoms with Crippen molar-refractivity contribution in [1.82, 2.24) is 14.9 Å². The van der Waals surface area contributed by atoms with Gasteiger partial charge in [0.05, 0.1) is 50.0 Å². The molecule has 2 aromatic carbocycles. The van der Waals surface area contributed by atoms with Crippen LogP contribution in [0.25, 0.3) is 0 Å². The van der Waals surface area contributed by atoms with Gasteiger partial charge < -0.3 is 25.0 Å². The maximum atomic E-state index is 13.8. The van der Waals surface area contributed by atoms with Crippen molar-refractivity contribution in [3.8, 4) is 5.75 Å². The van der Waals surface area contributed by atoms with E-state index in [1.54, 1.807) is 30.4 Å². The molecule has 0 aliphatic carbocycles. The predicted molar refractivity (Wildman–Crippen MR) is 172 cm³/mol. The van der Waals surface area contributed by atoms with Crippen LogP contribution in [-0.4, -0.2) is 86.0 Å². The average molecular weight is 618 g/mol. The van der Waals surface area contributed by atoms with Gasteiger partial charge in [-0.3, -0.25) is 14.5 Å². The van der Waals surface area contributed by atoms with Crippen LogP contribution in [0.1, 0.15) is 24.8 Å². The van der Waals surface area contributed by atoms with Crippen LogP contribution in [0.15, 0.2) is 61.4 Å². The van der Waals surface area contributed by atoms with E-state index in [4.69, 9.17) is 14.3 Å². The van der Waals surface area contributed by atoms with Gasteiger partial charge in [-0.2, -0.15) is 0 Å². The molecule has 11 nitrogen and oxygen atoms in total. The lowest BCUT2D eigenvalue weighted by Gasteiger charge is -2.41. The number of carbonyl (C=O) groups is 1. The second-order valence-corrected chi connectivity index (χ2v) is 11.5. The molecule has 0 radical (unpaired) electrons. The lowest BCUT2D eigenvalue weighted by Crippen LogP contribution is -2.49. The first-order valence-electron chi connectivity index (χ1n) is 15.5. The molecule has 3 fully saturated rings. The van der Waals surface area contributed by atoms with Crippen LogP contribution in [0.3, 0.4) is 0 Å². The van der Waals surface area contributed by atoms with Gasteiger partial charge in [-0.25, -0.2) is 19.4 Å². The van der Waals surface area contributed by atoms with E-state index in [-0.39, 0.29) is 17.8 Å². The van der Waals surface area contributed by atoms with Gasteiger partial charge in [0, 0.05) is 44.4 Å². The highest BCUT2D eigenvalue weighted by atomic mass is 19.1. The lowest BCUT2D eigenvalue weighted by atomic mass is 10.0. The first kappa shape index (κ1) is 30.8. The van der Waals surface area contributed by atoms with Crippen LogP contribution in [0.4, 0.5) is 33.1 Å². The number of aromatic nitrogens is 2. The molecule has 0 spiro atoms. The Morgan fingerprint density at radius 2 is 1.89 bits per heavy atom. The van der Waals surface area contributed by atoms with Gasteiger partial charge in [-0.15, -0.1) is 0 Å². The van der Waals surface area contributed by atoms with Crippen molar-refractivity contribution < 1.29 is 23.5 Å². The Bertz CT molecular complexity index is 1490. The molecule has 3 aliphatic rings. The first-order chi connectivity index (χ1) is 22.0. The number of hydrogen-bond donors (Lipinski definition) is 2. The van der Waals surface area contributed by atoms with Gasteiger partial charge in [-0.05, 0) is 55.5 Å². The largest absolute Gasteiger partial charge is 0.494 e. The smallest absolute Gasteiger partial charge is 0.247 e. The Labute approximate surface area is 262 Å². The Hall–Kier alpha value is -4.26. The van der Waals surface area contributed by atoms with Crippen molar-refractivity contribution in [2.45, 2.75) is 37.8 Å². The Morgan fingerprint density at radius 1 is 1.07 bits per heavy atom. The van der Waals surface area contributed by atoms with E-state index in [1.807, 2.05) is 18.2 Å². The van der Waals surface area contributed by atoms with E-state index in [1.165, 1.54) is 18.5 Å². The molecular formula is C33H40FN7O4. The van der Waals surface area contributed by atoms with Crippen LogP contribution < -0.4 is 25.3 Å². The summed E-state index contributed by atoms with van der Waals surface area (Å²) in [5.74, 6) is 1.17. The first-order valence-corrected chi connectivity index (χ1v) is 15.5. The van der Waals surface area contributed by atoms with E-state index in [0.29, 0.717) is 47.8 Å². The zero-order valence-corrected chi connectivity index (χ0v) is 25.6. The van der Waals surface area contributed by atoms with E-state index in [9.17, 15) is 9.18 Å². The molecule has 238 valence electrons. The summed E-state index contributed by atoms with van der Waals surface area (Å²) in [7, 11) is 1.62. The van der Waals surface area contributed by atoms with Crippen LogP contribution in [-0.2, 0) is 20.8 Å². The van der Waals surface area contributed by atoms with Crippen molar-refractivity contribution in [2.75, 3.05) is 73.7 Å². The topological polar surface area (TPSA) is 104 Å². The number of hydrogen-bond acceptors (Lipinski definition) is 10. The van der Waals surface area contributed by atoms with Crippen LogP contribution in [0.2, 0.25) is 0 Å². The zero-order valence-electron chi connectivity index (χ0n) is 25.6. The molecule has 1 unspecified atom stereocenters. The number of rotatable bonds is 10. The highest BCUT2D eigenvalue weighted by Crippen LogP contribution is 2.40. The minimum Gasteiger partial charge on any atom is -0.494 e. The summed E-state index contributed by atoms with van der Waals surface area (Å²) in [6.45, 7) is 9.42. The van der Waals surface area contributed by atoms with Crippen molar-refractivity contribution >= 4 is 34.6 Å². The standard InChI is InChI=1S/C33H40FN7O4/c1-3-33(42)38-27-19-28(30(43-2)20-29(27)40-10-7-25(8-11-40)39-12-15-44-16-13-39)37-31-21-32(36-22-35-31)41-26(9-14-45-41)18-23-5-4-6-24(34)17-23/h3-6,17,19-22,25-26H,1,7-16,18H2,2H3,(H,38,42)(H,35,36,37). The summed E-state index contributed by atoms with van der Waals surface area (Å²) < 4.78 is 25.2. The summed E-state index contributed by atoms with van der Waals surface area (Å²) >= 11 is 0. The summed E-state index contributed by atoms with van der Waals surface area (Å²) in [5, 5.41) is 8.11. The molecule has 2 N–H and O–H groups in total. The number of ether oxygens (including phenoxy) is 2. The minimum absolute atomic E-state index is 0.00326. The highest BCUT2D eigenvalue weighted by molar-refractivity contribution is 6.02. The second kappa shape index (κ2) is 14.2. The van der Waals surface area contributed by atoms with Crippen molar-refractivity contribution in [3.63, 3.8) is 0 Å². The predicted octanol–water partition coefficient (Wildman–Crippen LogP) is 4.55. The molecule has 0 bridgehead atoms. The number of anilines is 5. The third-order valence-corrected chi connectivity index (χ3v) is 8.64. The Kier molecular flexibility index (Phi) is 9.72. The summed E-state index contributed by atoms with van der Waals surface area (Å²) in [6.07, 6.45) is 6.20. The van der Waals surface area contributed by atoms with Gasteiger partial charge in [-0.1, -0.05) is 18.7 Å². The fourth-order valence-electron chi connectivity index (χ4n) is 6.35. The molecule has 6 rings (SSSR count). The summed E-state index contributed by atoms with van der Waals surface area (Å²) in [6, 6.07) is 12.8. The van der Waals surface area contributed by atoms with Gasteiger partial charge in [0.1, 0.15) is 23.7 Å². The number of nitrogens with zero attached hydrogens (tertiary/aromatic N) is 5. The number of amides is 1. The van der Waals surface area contributed by atoms with Gasteiger partial charge >= 0.3 is 0 Å². The molecule has 3 aliphatic heterocycles. The monoisotopic (exact) mass is 617 g/mol. The number of methoxy groups -OCH3 is 1. The Morgan fingerprint density at radius 3 is 2.64 bits per heavy atom. The fraction of sp³-hybridized carbons (Fsp3) is 0.424. The SMILES string of the molecule is C=CC(=O)Nc1cc(Nc2cc(N3OCCC3Cc3cccc(F)c3)ncn2)c(OC)cc1N1CCC(N2CCOCC2)CC1. The quantitative estimate of drug-likeness (QED) is 0.315. The third kappa shape index (κ3) is 7.35. The minimum atomic E-state index is -0.296. The summed E-state index contributed by atoms with van der Waals surface area (Å²) in [4.78, 5) is 32.1. The van der Waals surface area contributed by atoms with Crippen molar-refractivity contribution in [1.29, 1.82) is 0 Å². The third-order valence-electron chi connectivity index (χ3n) is 8.64. The molecule has 45 heavy (non-hydrogen) atoms. The molecule has 1 aromatic heterocycles. The summed E-state index contributed by atoms with van der Waals surface area (Å²) in [5.41, 5.74) is 3.07. The number of carbonyl (C=O) groups excluding carboxylic acids is 1. The number of nitrogens with one attached hydrogen (secondary N) is 2. The fourth-order valence-corrected chi connectivity index (χ4v) is 6.35. The molecule has 4 heterocycles. The van der Waals surface area contributed by atoms with E-state index < -0.39 is 0 Å². The average Bonchev–Trinajstić information content (AvgIpc) is 3.53. The number of hydroxylamine groups is 1. The number of morpholine rings is 1. The maximum absolute atomic E-state index is 13.8. The Balaban J connectivity index is 1.21. The van der Waals surface area contributed by atoms with Gasteiger partial charge in [0.2, 0.25) is 5.91 Å². The molecule has 3 aromatic rings. The van der Waals surface area contributed by atoms with E-state index in [2.05, 4.69) is 37.0 Å². The number of halogens is 1. The number of benzene rings is 2. The van der Waals surface area contributed by atoms with Crippen molar-refractivity contribution in [3.05, 3.63) is 72.8 Å². The van der Waals surface area contributed by atoms with Crippen molar-refractivity contribution in [2.24, 2.45) is 0 Å². The lowest BCUT2D eigenvalue weighted by molar-refractivity contribution is -0.111. The van der Waals surface area contributed by atoms with Crippen LogP contribution in [0.5, 0.6) is 5.75 Å². The van der Waals surface area contributed by atoms with Gasteiger partial charge in [0.25, 0.3) is 0 Å². The van der Waals surface area contributed by atoms with Crippen LogP contribution in [0, 0.1) is 5.82 Å². The molecule has 3 saturated heterocycles. The van der Waals surface area contributed by atoms with E-state index in [0.717, 1.165) is 69.9 Å². The van der Waals surface area contributed by atoms with Crippen LogP contribution >= 0.6 is 0 Å². The second-order valence-electron chi connectivity index (χ2n) is 11.5. The van der Waals surface area contributed by atoms with E-state index >= 15 is 0 Å². The molecule has 1 amide bonds. The number of piperidine rings is 1.